The van der Waals surface area contributed by atoms with Crippen molar-refractivity contribution in [2.24, 2.45) is 4.99 Å². The summed E-state index contributed by atoms with van der Waals surface area (Å²) < 4.78 is 16.4. The van der Waals surface area contributed by atoms with E-state index < -0.39 is 0 Å². The molecule has 1 fully saturated rings. The molecule has 7 nitrogen and oxygen atoms in total. The summed E-state index contributed by atoms with van der Waals surface area (Å²) in [5.74, 6) is 2.67. The van der Waals surface area contributed by atoms with Gasteiger partial charge in [-0.15, -0.1) is 0 Å². The van der Waals surface area contributed by atoms with E-state index in [4.69, 9.17) is 19.2 Å². The number of aliphatic imine (C=N–C) groups is 1. The molecule has 2 aromatic rings. The number of rotatable bonds is 8. The largest absolute Gasteiger partial charge is 0.493 e. The van der Waals surface area contributed by atoms with Gasteiger partial charge in [-0.1, -0.05) is 18.2 Å². The second-order valence-corrected chi connectivity index (χ2v) is 7.10. The maximum atomic E-state index is 5.58. The molecule has 0 saturated carbocycles. The van der Waals surface area contributed by atoms with Crippen LogP contribution in [0.2, 0.25) is 0 Å². The maximum absolute atomic E-state index is 5.58. The summed E-state index contributed by atoms with van der Waals surface area (Å²) in [5, 5.41) is 6.92. The lowest BCUT2D eigenvalue weighted by Gasteiger charge is -2.20. The molecule has 7 heteroatoms. The number of hydrogen-bond donors (Lipinski definition) is 2. The molecular weight excluding hydrogens is 380 g/mol. The van der Waals surface area contributed by atoms with Crippen LogP contribution in [0.5, 0.6) is 17.2 Å². The average molecular weight is 413 g/mol. The van der Waals surface area contributed by atoms with Gasteiger partial charge in [0.05, 0.1) is 27.9 Å². The molecule has 0 spiro atoms. The van der Waals surface area contributed by atoms with Crippen LogP contribution in [0.4, 0.5) is 5.69 Å². The second-order valence-electron chi connectivity index (χ2n) is 7.10. The van der Waals surface area contributed by atoms with Crippen molar-refractivity contribution in [2.75, 3.05) is 45.9 Å². The number of nitrogens with one attached hydrogen (secondary N) is 2. The number of guanidine groups is 1. The molecule has 1 aliphatic heterocycles. The van der Waals surface area contributed by atoms with Gasteiger partial charge in [-0.2, -0.15) is 0 Å². The van der Waals surface area contributed by atoms with E-state index in [-0.39, 0.29) is 0 Å². The minimum Gasteiger partial charge on any atom is -0.493 e. The summed E-state index contributed by atoms with van der Waals surface area (Å²) in [4.78, 5) is 7.19. The number of benzene rings is 2. The molecule has 3 rings (SSSR count). The Labute approximate surface area is 179 Å². The van der Waals surface area contributed by atoms with E-state index in [2.05, 4.69) is 46.7 Å². The lowest BCUT2D eigenvalue weighted by molar-refractivity contribution is 0.322. The van der Waals surface area contributed by atoms with E-state index in [1.165, 1.54) is 5.69 Å². The van der Waals surface area contributed by atoms with Crippen molar-refractivity contribution >= 4 is 11.6 Å². The Bertz CT molecular complexity index is 842. The van der Waals surface area contributed by atoms with E-state index in [0.717, 1.165) is 37.6 Å². The summed E-state index contributed by atoms with van der Waals surface area (Å²) in [7, 11) is 4.85. The summed E-state index contributed by atoms with van der Waals surface area (Å²) in [6.07, 6.45) is 1.07. The zero-order valence-corrected chi connectivity index (χ0v) is 18.3. The SMILES string of the molecule is CCNC(=NCc1ccc(OC)c(OC)c1OC)NC1CCN(c2ccccc2)C1. The third-order valence-corrected chi connectivity index (χ3v) is 5.19. The Morgan fingerprint density at radius 3 is 2.47 bits per heavy atom. The molecule has 2 N–H and O–H groups in total. The van der Waals surface area contributed by atoms with Crippen LogP contribution in [0.15, 0.2) is 47.5 Å². The molecule has 0 radical (unpaired) electrons. The fraction of sp³-hybridized carbons (Fsp3) is 0.435. The first-order chi connectivity index (χ1) is 14.7. The molecule has 162 valence electrons. The maximum Gasteiger partial charge on any atom is 0.203 e. The van der Waals surface area contributed by atoms with Crippen molar-refractivity contribution in [1.29, 1.82) is 0 Å². The minimum atomic E-state index is 0.343. The zero-order valence-electron chi connectivity index (χ0n) is 18.3. The van der Waals surface area contributed by atoms with Gasteiger partial charge in [-0.25, -0.2) is 4.99 Å². The average Bonchev–Trinajstić information content (AvgIpc) is 3.26. The summed E-state index contributed by atoms with van der Waals surface area (Å²) in [6.45, 7) is 5.32. The number of para-hydroxylation sites is 1. The fourth-order valence-electron chi connectivity index (χ4n) is 3.72. The predicted octanol–water partition coefficient (Wildman–Crippen LogP) is 3.05. The smallest absolute Gasteiger partial charge is 0.203 e. The number of methoxy groups -OCH3 is 3. The highest BCUT2D eigenvalue weighted by atomic mass is 16.5. The third kappa shape index (κ3) is 5.09. The van der Waals surface area contributed by atoms with Crippen molar-refractivity contribution in [3.8, 4) is 17.2 Å². The molecule has 1 unspecified atom stereocenters. The van der Waals surface area contributed by atoms with Gasteiger partial charge in [-0.3, -0.25) is 0 Å². The van der Waals surface area contributed by atoms with Gasteiger partial charge >= 0.3 is 0 Å². The minimum absolute atomic E-state index is 0.343. The van der Waals surface area contributed by atoms with Crippen LogP contribution >= 0.6 is 0 Å². The van der Waals surface area contributed by atoms with E-state index >= 15 is 0 Å². The number of ether oxygens (including phenoxy) is 3. The van der Waals surface area contributed by atoms with Crippen LogP contribution in [0.3, 0.4) is 0 Å². The summed E-state index contributed by atoms with van der Waals surface area (Å²) in [5.41, 5.74) is 2.20. The standard InChI is InChI=1S/C23H32N4O3/c1-5-24-23(26-18-13-14-27(16-18)19-9-7-6-8-10-19)25-15-17-11-12-20(28-2)22(30-4)21(17)29-3/h6-12,18H,5,13-16H2,1-4H3,(H2,24,25,26). The van der Waals surface area contributed by atoms with Crippen molar-refractivity contribution in [3.63, 3.8) is 0 Å². The molecular formula is C23H32N4O3. The number of hydrogen-bond acceptors (Lipinski definition) is 5. The second kappa shape index (κ2) is 10.6. The molecule has 0 aliphatic carbocycles. The summed E-state index contributed by atoms with van der Waals surface area (Å²) in [6, 6.07) is 14.7. The van der Waals surface area contributed by atoms with Crippen LogP contribution in [-0.2, 0) is 6.54 Å². The van der Waals surface area contributed by atoms with E-state index in [1.54, 1.807) is 21.3 Å². The Morgan fingerprint density at radius 1 is 1.03 bits per heavy atom. The lowest BCUT2D eigenvalue weighted by Crippen LogP contribution is -2.44. The molecule has 30 heavy (non-hydrogen) atoms. The molecule has 0 amide bonds. The van der Waals surface area contributed by atoms with Crippen LogP contribution in [-0.4, -0.2) is 53.0 Å². The van der Waals surface area contributed by atoms with Gasteiger partial charge in [0, 0.05) is 36.9 Å². The Morgan fingerprint density at radius 2 is 1.80 bits per heavy atom. The molecule has 0 bridgehead atoms. The molecule has 2 aromatic carbocycles. The van der Waals surface area contributed by atoms with Crippen LogP contribution in [0, 0.1) is 0 Å². The van der Waals surface area contributed by atoms with E-state index in [9.17, 15) is 0 Å². The van der Waals surface area contributed by atoms with Gasteiger partial charge in [0.1, 0.15) is 0 Å². The normalized spacial score (nSPS) is 16.3. The zero-order chi connectivity index (χ0) is 21.3. The lowest BCUT2D eigenvalue weighted by atomic mass is 10.1. The van der Waals surface area contributed by atoms with E-state index in [1.807, 2.05) is 18.2 Å². The molecule has 1 heterocycles. The van der Waals surface area contributed by atoms with Crippen molar-refractivity contribution in [2.45, 2.75) is 25.9 Å². The number of anilines is 1. The van der Waals surface area contributed by atoms with E-state index in [0.29, 0.717) is 29.8 Å². The van der Waals surface area contributed by atoms with Crippen molar-refractivity contribution < 1.29 is 14.2 Å². The Balaban J connectivity index is 1.70. The first-order valence-corrected chi connectivity index (χ1v) is 10.3. The Hall–Kier alpha value is -3.09. The summed E-state index contributed by atoms with van der Waals surface area (Å²) >= 11 is 0. The van der Waals surface area contributed by atoms with Gasteiger partial charge in [0.15, 0.2) is 17.5 Å². The van der Waals surface area contributed by atoms with Crippen LogP contribution in [0.1, 0.15) is 18.9 Å². The molecule has 1 aliphatic rings. The van der Waals surface area contributed by atoms with Gasteiger partial charge in [0.25, 0.3) is 0 Å². The van der Waals surface area contributed by atoms with Gasteiger partial charge < -0.3 is 29.7 Å². The molecule has 1 saturated heterocycles. The quantitative estimate of drug-likeness (QED) is 0.513. The van der Waals surface area contributed by atoms with Gasteiger partial charge in [-0.05, 0) is 37.6 Å². The first-order valence-electron chi connectivity index (χ1n) is 10.3. The molecule has 1 atom stereocenters. The van der Waals surface area contributed by atoms with Crippen molar-refractivity contribution in [1.82, 2.24) is 10.6 Å². The van der Waals surface area contributed by atoms with Crippen LogP contribution in [0.25, 0.3) is 0 Å². The first kappa shape index (κ1) is 21.6. The predicted molar refractivity (Wildman–Crippen MR) is 121 cm³/mol. The van der Waals surface area contributed by atoms with Gasteiger partial charge in [0.2, 0.25) is 5.75 Å². The topological polar surface area (TPSA) is 67.4 Å². The highest BCUT2D eigenvalue weighted by Crippen LogP contribution is 2.39. The van der Waals surface area contributed by atoms with Crippen molar-refractivity contribution in [3.05, 3.63) is 48.0 Å². The highest BCUT2D eigenvalue weighted by Gasteiger charge is 2.23. The van der Waals surface area contributed by atoms with Crippen LogP contribution < -0.4 is 29.7 Å². The monoisotopic (exact) mass is 412 g/mol. The highest BCUT2D eigenvalue weighted by molar-refractivity contribution is 5.80. The fourth-order valence-corrected chi connectivity index (χ4v) is 3.72. The Kier molecular flexibility index (Phi) is 7.65. The number of nitrogens with zero attached hydrogens (tertiary/aromatic N) is 2. The third-order valence-electron chi connectivity index (χ3n) is 5.19. The molecule has 0 aromatic heterocycles.